The molecule has 0 bridgehead atoms. The molecule has 0 radical (unpaired) electrons. The van der Waals surface area contributed by atoms with E-state index in [1.165, 1.54) is 4.90 Å². The molecule has 9 heteroatoms. The van der Waals surface area contributed by atoms with Crippen molar-refractivity contribution in [3.8, 4) is 0 Å². The van der Waals surface area contributed by atoms with Crippen LogP contribution in [0.4, 0.5) is 8.68 Å². The summed E-state index contributed by atoms with van der Waals surface area (Å²) in [5.74, 6) is -1.38. The minimum Gasteiger partial charge on any atom is -0.444 e. The molecule has 0 spiro atoms. The number of hydrogen-bond donors (Lipinski definition) is 0. The van der Waals surface area contributed by atoms with Gasteiger partial charge >= 0.3 is 16.3 Å². The Morgan fingerprint density at radius 3 is 2.43 bits per heavy atom. The number of likely N-dealkylation sites (tertiary alicyclic amines) is 2. The molecule has 0 aromatic carbocycles. The van der Waals surface area contributed by atoms with Crippen LogP contribution in [-0.2, 0) is 19.8 Å². The highest BCUT2D eigenvalue weighted by atomic mass is 32.3. The van der Waals surface area contributed by atoms with Gasteiger partial charge in [0.05, 0.1) is 11.3 Å². The van der Waals surface area contributed by atoms with Crippen LogP contribution in [-0.4, -0.2) is 66.7 Å². The van der Waals surface area contributed by atoms with E-state index in [0.29, 0.717) is 13.1 Å². The van der Waals surface area contributed by atoms with E-state index in [-0.39, 0.29) is 18.9 Å². The van der Waals surface area contributed by atoms with E-state index in [9.17, 15) is 21.9 Å². The summed E-state index contributed by atoms with van der Waals surface area (Å²) in [6, 6.07) is 0. The van der Waals surface area contributed by atoms with Gasteiger partial charge in [-0.3, -0.25) is 4.79 Å². The lowest BCUT2D eigenvalue weighted by Gasteiger charge is -2.52. The fourth-order valence-electron chi connectivity index (χ4n) is 3.10. The summed E-state index contributed by atoms with van der Waals surface area (Å²) in [5.41, 5.74) is -1.14. The van der Waals surface area contributed by atoms with Crippen molar-refractivity contribution in [2.75, 3.05) is 25.4 Å². The second-order valence-electron chi connectivity index (χ2n) is 7.61. The Morgan fingerprint density at radius 2 is 1.96 bits per heavy atom. The highest BCUT2D eigenvalue weighted by Gasteiger charge is 2.51. The monoisotopic (exact) mass is 350 g/mol. The minimum absolute atomic E-state index is 0.0190. The fourth-order valence-corrected chi connectivity index (χ4v) is 3.88. The second-order valence-corrected chi connectivity index (χ2v) is 9.02. The van der Waals surface area contributed by atoms with Gasteiger partial charge in [0.1, 0.15) is 5.60 Å². The average Bonchev–Trinajstić information content (AvgIpc) is 2.61. The Morgan fingerprint density at radius 1 is 1.39 bits per heavy atom. The summed E-state index contributed by atoms with van der Waals surface area (Å²) in [7, 11) is -4.60. The Balaban J connectivity index is 1.94. The number of carbonyl (C=O) groups is 2. The molecule has 0 aliphatic carbocycles. The van der Waals surface area contributed by atoms with Gasteiger partial charge in [0, 0.05) is 32.0 Å². The lowest BCUT2D eigenvalue weighted by Crippen LogP contribution is -2.70. The lowest BCUT2D eigenvalue weighted by atomic mass is 9.90. The molecule has 2 heterocycles. The normalized spacial score (nSPS) is 24.6. The Hall–Kier alpha value is -1.38. The number of halogens is 1. The van der Waals surface area contributed by atoms with E-state index in [0.717, 1.165) is 0 Å². The number of carbonyl (C=O) groups excluding carboxylic acids is 2. The van der Waals surface area contributed by atoms with Crippen molar-refractivity contribution < 1.29 is 26.6 Å². The van der Waals surface area contributed by atoms with Crippen LogP contribution in [0.3, 0.4) is 0 Å². The summed E-state index contributed by atoms with van der Waals surface area (Å²) in [6.45, 7) is 7.99. The van der Waals surface area contributed by atoms with E-state index >= 15 is 0 Å². The molecule has 2 saturated heterocycles. The summed E-state index contributed by atoms with van der Waals surface area (Å²) in [4.78, 5) is 27.1. The molecule has 0 saturated carbocycles. The molecular weight excluding hydrogens is 327 g/mol. The zero-order chi connectivity index (χ0) is 17.6. The standard InChI is InChI=1S/C14H23FN2O5S/c1-13(2,3)22-12(19)16-8-14(4,9-16)17-6-10(5-11(17)18)7-23(15,20)21/h10H,5-9H2,1-4H3. The van der Waals surface area contributed by atoms with Crippen molar-refractivity contribution >= 4 is 22.2 Å². The topological polar surface area (TPSA) is 84.0 Å². The SMILES string of the molecule is CC(C)(C)OC(=O)N1CC(C)(N2CC(CS(=O)(=O)F)CC2=O)C1. The molecular formula is C14H23FN2O5S. The molecule has 23 heavy (non-hydrogen) atoms. The molecule has 7 nitrogen and oxygen atoms in total. The summed E-state index contributed by atoms with van der Waals surface area (Å²) >= 11 is 0. The Labute approximate surface area is 136 Å². The third kappa shape index (κ3) is 4.33. The van der Waals surface area contributed by atoms with Crippen LogP contribution >= 0.6 is 0 Å². The first kappa shape index (κ1) is 18.0. The first-order valence-corrected chi connectivity index (χ1v) is 9.05. The number of amides is 2. The van der Waals surface area contributed by atoms with Crippen molar-refractivity contribution in [1.82, 2.24) is 9.80 Å². The van der Waals surface area contributed by atoms with Gasteiger partial charge in [-0.15, -0.1) is 3.89 Å². The van der Waals surface area contributed by atoms with Gasteiger partial charge in [0.25, 0.3) is 0 Å². The third-order valence-electron chi connectivity index (χ3n) is 4.01. The smallest absolute Gasteiger partial charge is 0.410 e. The summed E-state index contributed by atoms with van der Waals surface area (Å²) < 4.78 is 39.5. The van der Waals surface area contributed by atoms with Crippen molar-refractivity contribution in [1.29, 1.82) is 0 Å². The van der Waals surface area contributed by atoms with Crippen LogP contribution in [0.25, 0.3) is 0 Å². The van der Waals surface area contributed by atoms with Gasteiger partial charge in [-0.2, -0.15) is 8.42 Å². The van der Waals surface area contributed by atoms with Crippen LogP contribution in [0, 0.1) is 5.92 Å². The van der Waals surface area contributed by atoms with Crippen molar-refractivity contribution in [3.05, 3.63) is 0 Å². The molecule has 2 amide bonds. The molecule has 0 aromatic heterocycles. The van der Waals surface area contributed by atoms with Crippen LogP contribution in [0.2, 0.25) is 0 Å². The molecule has 0 aromatic rings. The van der Waals surface area contributed by atoms with E-state index in [4.69, 9.17) is 4.74 Å². The third-order valence-corrected chi connectivity index (χ3v) is 4.88. The largest absolute Gasteiger partial charge is 0.444 e. The molecule has 0 N–H and O–H groups in total. The van der Waals surface area contributed by atoms with Gasteiger partial charge in [0.2, 0.25) is 5.91 Å². The maximum absolute atomic E-state index is 12.8. The molecule has 1 atom stereocenters. The van der Waals surface area contributed by atoms with Crippen LogP contribution in [0.15, 0.2) is 0 Å². The van der Waals surface area contributed by atoms with Gasteiger partial charge in [-0.05, 0) is 27.7 Å². The van der Waals surface area contributed by atoms with Crippen LogP contribution < -0.4 is 0 Å². The summed E-state index contributed by atoms with van der Waals surface area (Å²) in [5, 5.41) is 0. The predicted molar refractivity (Wildman–Crippen MR) is 80.9 cm³/mol. The van der Waals surface area contributed by atoms with Crippen LogP contribution in [0.1, 0.15) is 34.1 Å². The fraction of sp³-hybridized carbons (Fsp3) is 0.857. The van der Waals surface area contributed by atoms with Crippen molar-refractivity contribution in [2.45, 2.75) is 45.3 Å². The minimum atomic E-state index is -4.60. The van der Waals surface area contributed by atoms with E-state index in [1.807, 2.05) is 6.92 Å². The molecule has 2 fully saturated rings. The van der Waals surface area contributed by atoms with Gasteiger partial charge < -0.3 is 14.5 Å². The molecule has 2 aliphatic rings. The van der Waals surface area contributed by atoms with E-state index < -0.39 is 39.1 Å². The Kier molecular flexibility index (Phi) is 4.38. The van der Waals surface area contributed by atoms with Gasteiger partial charge in [0.15, 0.2) is 0 Å². The average molecular weight is 350 g/mol. The van der Waals surface area contributed by atoms with E-state index in [2.05, 4.69) is 0 Å². The quantitative estimate of drug-likeness (QED) is 0.713. The lowest BCUT2D eigenvalue weighted by molar-refractivity contribution is -0.139. The zero-order valence-electron chi connectivity index (χ0n) is 13.8. The number of ether oxygens (including phenoxy) is 1. The highest BCUT2D eigenvalue weighted by molar-refractivity contribution is 7.86. The molecule has 132 valence electrons. The van der Waals surface area contributed by atoms with Gasteiger partial charge in [-0.25, -0.2) is 4.79 Å². The molecule has 2 rings (SSSR count). The van der Waals surface area contributed by atoms with Crippen molar-refractivity contribution in [2.24, 2.45) is 5.92 Å². The number of rotatable bonds is 3. The maximum Gasteiger partial charge on any atom is 0.410 e. The highest BCUT2D eigenvalue weighted by Crippen LogP contribution is 2.34. The zero-order valence-corrected chi connectivity index (χ0v) is 14.7. The second kappa shape index (κ2) is 5.61. The molecule has 2 aliphatic heterocycles. The Bertz CT molecular complexity index is 607. The predicted octanol–water partition coefficient (Wildman–Crippen LogP) is 1.14. The number of nitrogens with zero attached hydrogens (tertiary/aromatic N) is 2. The first-order chi connectivity index (χ1) is 10.3. The summed E-state index contributed by atoms with van der Waals surface area (Å²) in [6.07, 6.45) is -0.421. The maximum atomic E-state index is 12.8. The number of hydrogen-bond acceptors (Lipinski definition) is 5. The van der Waals surface area contributed by atoms with Gasteiger partial charge in [-0.1, -0.05) is 0 Å². The van der Waals surface area contributed by atoms with Crippen molar-refractivity contribution in [3.63, 3.8) is 0 Å². The van der Waals surface area contributed by atoms with Crippen LogP contribution in [0.5, 0.6) is 0 Å². The molecule has 1 unspecified atom stereocenters. The van der Waals surface area contributed by atoms with E-state index in [1.54, 1.807) is 25.7 Å². The first-order valence-electron chi connectivity index (χ1n) is 7.50.